The predicted octanol–water partition coefficient (Wildman–Crippen LogP) is -0.0968. The molecule has 26 heavy (non-hydrogen) atoms. The zero-order chi connectivity index (χ0) is 19.2. The molecule has 1 aromatic carbocycles. The molecular formula is C16H24FN3O5S. The van der Waals surface area contributed by atoms with Crippen molar-refractivity contribution < 1.29 is 27.1 Å². The van der Waals surface area contributed by atoms with Crippen molar-refractivity contribution in [3.05, 3.63) is 24.0 Å². The molecule has 146 valence electrons. The minimum Gasteiger partial charge on any atom is -0.495 e. The first-order valence-corrected chi connectivity index (χ1v) is 9.65. The van der Waals surface area contributed by atoms with Crippen LogP contribution in [0.3, 0.4) is 0 Å². The number of halogens is 1. The monoisotopic (exact) mass is 389 g/mol. The van der Waals surface area contributed by atoms with Crippen molar-refractivity contribution >= 4 is 15.9 Å². The summed E-state index contributed by atoms with van der Waals surface area (Å²) in [5.74, 6) is -1.11. The van der Waals surface area contributed by atoms with Gasteiger partial charge in [0, 0.05) is 33.2 Å². The summed E-state index contributed by atoms with van der Waals surface area (Å²) in [5.41, 5.74) is 0. The highest BCUT2D eigenvalue weighted by molar-refractivity contribution is 7.89. The third kappa shape index (κ3) is 5.37. The van der Waals surface area contributed by atoms with Crippen molar-refractivity contribution in [2.24, 2.45) is 0 Å². The van der Waals surface area contributed by atoms with Gasteiger partial charge < -0.3 is 14.8 Å². The number of hydrogen-bond acceptors (Lipinski definition) is 6. The van der Waals surface area contributed by atoms with Crippen molar-refractivity contribution in [2.45, 2.75) is 4.90 Å². The molecule has 0 saturated carbocycles. The van der Waals surface area contributed by atoms with E-state index in [-0.39, 0.29) is 17.2 Å². The van der Waals surface area contributed by atoms with Crippen LogP contribution in [0.2, 0.25) is 0 Å². The maximum atomic E-state index is 13.5. The second-order valence-electron chi connectivity index (χ2n) is 5.86. The van der Waals surface area contributed by atoms with E-state index < -0.39 is 21.7 Å². The zero-order valence-corrected chi connectivity index (χ0v) is 15.7. The third-order valence-corrected chi connectivity index (χ3v) is 5.86. The molecule has 1 amide bonds. The number of carbonyl (C=O) groups excluding carboxylic acids is 1. The molecule has 10 heteroatoms. The first-order valence-electron chi connectivity index (χ1n) is 8.21. The lowest BCUT2D eigenvalue weighted by Gasteiger charge is -2.26. The van der Waals surface area contributed by atoms with Crippen molar-refractivity contribution in [3.63, 3.8) is 0 Å². The van der Waals surface area contributed by atoms with Crippen LogP contribution in [0.4, 0.5) is 4.39 Å². The largest absolute Gasteiger partial charge is 0.495 e. The first-order chi connectivity index (χ1) is 12.3. The number of ether oxygens (including phenoxy) is 2. The molecule has 1 heterocycles. The second kappa shape index (κ2) is 9.26. The molecule has 1 aromatic rings. The molecule has 1 fully saturated rings. The number of amides is 1. The quantitative estimate of drug-likeness (QED) is 0.668. The van der Waals surface area contributed by atoms with Gasteiger partial charge in [0.1, 0.15) is 16.5 Å². The van der Waals surface area contributed by atoms with Crippen LogP contribution >= 0.6 is 0 Å². The van der Waals surface area contributed by atoms with Crippen LogP contribution in [0.1, 0.15) is 0 Å². The van der Waals surface area contributed by atoms with Crippen LogP contribution in [-0.4, -0.2) is 83.6 Å². The Balaban J connectivity index is 1.91. The maximum absolute atomic E-state index is 13.5. The van der Waals surface area contributed by atoms with Gasteiger partial charge in [0.05, 0.1) is 26.9 Å². The fourth-order valence-corrected chi connectivity index (χ4v) is 3.83. The number of carbonyl (C=O) groups is 1. The molecule has 0 aromatic heterocycles. The van der Waals surface area contributed by atoms with E-state index in [9.17, 15) is 17.6 Å². The Morgan fingerprint density at radius 1 is 1.38 bits per heavy atom. The third-order valence-electron chi connectivity index (χ3n) is 4.03. The SMILES string of the molecule is COc1ccc(F)cc1S(=O)(=O)N(C)CC(=O)NCCN1CCOCC1. The van der Waals surface area contributed by atoms with E-state index in [1.165, 1.54) is 20.2 Å². The summed E-state index contributed by atoms with van der Waals surface area (Å²) in [4.78, 5) is 13.9. The van der Waals surface area contributed by atoms with Crippen molar-refractivity contribution in [1.82, 2.24) is 14.5 Å². The lowest BCUT2D eigenvalue weighted by atomic mass is 10.3. The molecular weight excluding hydrogens is 365 g/mol. The predicted molar refractivity (Wildman–Crippen MR) is 93.0 cm³/mol. The van der Waals surface area contributed by atoms with E-state index in [1.807, 2.05) is 0 Å². The van der Waals surface area contributed by atoms with Gasteiger partial charge in [0.15, 0.2) is 0 Å². The number of nitrogens with zero attached hydrogens (tertiary/aromatic N) is 2. The number of sulfonamides is 1. The van der Waals surface area contributed by atoms with Gasteiger partial charge in [0.2, 0.25) is 15.9 Å². The van der Waals surface area contributed by atoms with Gasteiger partial charge in [-0.25, -0.2) is 12.8 Å². The molecule has 1 saturated heterocycles. The molecule has 0 spiro atoms. The molecule has 0 unspecified atom stereocenters. The van der Waals surface area contributed by atoms with Crippen LogP contribution in [0, 0.1) is 5.82 Å². The van der Waals surface area contributed by atoms with Gasteiger partial charge >= 0.3 is 0 Å². The van der Waals surface area contributed by atoms with Crippen molar-refractivity contribution in [2.75, 3.05) is 60.1 Å². The van der Waals surface area contributed by atoms with E-state index in [0.717, 1.165) is 29.5 Å². The van der Waals surface area contributed by atoms with Crippen LogP contribution < -0.4 is 10.1 Å². The number of methoxy groups -OCH3 is 1. The summed E-state index contributed by atoms with van der Waals surface area (Å²) in [6.45, 7) is 3.67. The number of nitrogens with one attached hydrogen (secondary N) is 1. The van der Waals surface area contributed by atoms with Crippen LogP contribution in [0.5, 0.6) is 5.75 Å². The van der Waals surface area contributed by atoms with Gasteiger partial charge in [-0.2, -0.15) is 4.31 Å². The Kier molecular flexibility index (Phi) is 7.33. The highest BCUT2D eigenvalue weighted by atomic mass is 32.2. The van der Waals surface area contributed by atoms with Gasteiger partial charge in [-0.05, 0) is 18.2 Å². The molecule has 1 aliphatic rings. The molecule has 8 nitrogen and oxygen atoms in total. The molecule has 1 aliphatic heterocycles. The average Bonchev–Trinajstić information content (AvgIpc) is 2.62. The van der Waals surface area contributed by atoms with Gasteiger partial charge in [-0.15, -0.1) is 0 Å². The van der Waals surface area contributed by atoms with E-state index in [2.05, 4.69) is 10.2 Å². The van der Waals surface area contributed by atoms with Crippen LogP contribution in [0.25, 0.3) is 0 Å². The number of likely N-dealkylation sites (N-methyl/N-ethyl adjacent to an activating group) is 1. The van der Waals surface area contributed by atoms with E-state index in [1.54, 1.807) is 0 Å². The van der Waals surface area contributed by atoms with Crippen LogP contribution in [0.15, 0.2) is 23.1 Å². The Morgan fingerprint density at radius 2 is 2.08 bits per heavy atom. The Morgan fingerprint density at radius 3 is 2.73 bits per heavy atom. The Labute approximate surface area is 152 Å². The summed E-state index contributed by atoms with van der Waals surface area (Å²) in [6, 6.07) is 3.22. The summed E-state index contributed by atoms with van der Waals surface area (Å²) in [5, 5.41) is 2.69. The summed E-state index contributed by atoms with van der Waals surface area (Å²) >= 11 is 0. The Bertz CT molecular complexity index is 723. The summed E-state index contributed by atoms with van der Waals surface area (Å²) < 4.78 is 49.7. The molecule has 0 radical (unpaired) electrons. The minimum absolute atomic E-state index is 0.0194. The fourth-order valence-electron chi connectivity index (χ4n) is 2.54. The van der Waals surface area contributed by atoms with Crippen LogP contribution in [-0.2, 0) is 19.6 Å². The lowest BCUT2D eigenvalue weighted by Crippen LogP contribution is -2.43. The normalized spacial score (nSPS) is 15.8. The summed E-state index contributed by atoms with van der Waals surface area (Å²) in [6.07, 6.45) is 0. The minimum atomic E-state index is -4.06. The molecule has 2 rings (SSSR count). The number of hydrogen-bond donors (Lipinski definition) is 1. The molecule has 0 atom stereocenters. The maximum Gasteiger partial charge on any atom is 0.247 e. The average molecular weight is 389 g/mol. The van der Waals surface area contributed by atoms with Crippen molar-refractivity contribution in [1.29, 1.82) is 0 Å². The standard InChI is InChI=1S/C16H24FN3O5S/c1-19(12-16(21)18-5-6-20-7-9-25-10-8-20)26(22,23)15-11-13(17)3-4-14(15)24-2/h3-4,11H,5-10,12H2,1-2H3,(H,18,21). The van der Waals surface area contributed by atoms with E-state index in [4.69, 9.17) is 9.47 Å². The number of morpholine rings is 1. The second-order valence-corrected chi connectivity index (χ2v) is 7.87. The van der Waals surface area contributed by atoms with Gasteiger partial charge in [0.25, 0.3) is 0 Å². The number of benzene rings is 1. The Hall–Kier alpha value is -1.75. The highest BCUT2D eigenvalue weighted by Crippen LogP contribution is 2.26. The highest BCUT2D eigenvalue weighted by Gasteiger charge is 2.27. The van der Waals surface area contributed by atoms with E-state index >= 15 is 0 Å². The first kappa shape index (κ1) is 20.6. The van der Waals surface area contributed by atoms with Gasteiger partial charge in [-0.3, -0.25) is 9.69 Å². The molecule has 0 aliphatic carbocycles. The molecule has 1 N–H and O–H groups in total. The van der Waals surface area contributed by atoms with Gasteiger partial charge in [-0.1, -0.05) is 0 Å². The lowest BCUT2D eigenvalue weighted by molar-refractivity contribution is -0.121. The number of rotatable bonds is 8. The zero-order valence-electron chi connectivity index (χ0n) is 14.9. The molecule has 0 bridgehead atoms. The smallest absolute Gasteiger partial charge is 0.247 e. The fraction of sp³-hybridized carbons (Fsp3) is 0.562. The topological polar surface area (TPSA) is 88.2 Å². The summed E-state index contributed by atoms with van der Waals surface area (Å²) in [7, 11) is -1.50. The van der Waals surface area contributed by atoms with Crippen molar-refractivity contribution in [3.8, 4) is 5.75 Å². The van der Waals surface area contributed by atoms with E-state index in [0.29, 0.717) is 26.3 Å².